The highest BCUT2D eigenvalue weighted by Crippen LogP contribution is 2.60. The van der Waals surface area contributed by atoms with Crippen LogP contribution in [0.4, 0.5) is 0 Å². The lowest BCUT2D eigenvalue weighted by Gasteiger charge is -2.56. The van der Waals surface area contributed by atoms with Gasteiger partial charge in [0.05, 0.1) is 32.8 Å². The molecule has 5 rings (SSSR count). The highest BCUT2D eigenvalue weighted by Gasteiger charge is 2.55. The first-order chi connectivity index (χ1) is 16.4. The highest BCUT2D eigenvalue weighted by molar-refractivity contribution is 5.89. The van der Waals surface area contributed by atoms with Crippen molar-refractivity contribution in [3.63, 3.8) is 0 Å². The zero-order valence-electron chi connectivity index (χ0n) is 20.4. The molecule has 0 unspecified atom stereocenters. The summed E-state index contributed by atoms with van der Waals surface area (Å²) in [5.41, 5.74) is 0.487. The molecular weight excluding hydrogens is 436 g/mol. The number of carbonyl (C=O) groups is 3. The van der Waals surface area contributed by atoms with E-state index >= 15 is 0 Å². The Morgan fingerprint density at radius 3 is 2.18 bits per heavy atom. The van der Waals surface area contributed by atoms with Gasteiger partial charge in [-0.15, -0.1) is 0 Å². The Kier molecular flexibility index (Phi) is 7.33. The first-order valence-corrected chi connectivity index (χ1v) is 12.3. The van der Waals surface area contributed by atoms with Gasteiger partial charge in [0.2, 0.25) is 11.8 Å². The van der Waals surface area contributed by atoms with Crippen molar-refractivity contribution in [2.24, 2.45) is 23.2 Å². The fourth-order valence-corrected chi connectivity index (χ4v) is 6.72. The molecule has 186 valence electrons. The van der Waals surface area contributed by atoms with Gasteiger partial charge in [0, 0.05) is 6.54 Å². The number of hydrogen-bond acceptors (Lipinski definition) is 6. The van der Waals surface area contributed by atoms with E-state index in [-0.39, 0.29) is 43.5 Å². The number of amides is 2. The molecule has 1 N–H and O–H groups in total. The monoisotopic (exact) mass is 472 g/mol. The van der Waals surface area contributed by atoms with E-state index in [0.29, 0.717) is 29.3 Å². The molecule has 1 aromatic carbocycles. The van der Waals surface area contributed by atoms with Crippen LogP contribution in [0.25, 0.3) is 0 Å². The maximum atomic E-state index is 14.1. The molecule has 2 amide bonds. The van der Waals surface area contributed by atoms with Gasteiger partial charge >= 0.3 is 5.97 Å². The lowest BCUT2D eigenvalue weighted by Crippen LogP contribution is -2.55. The molecule has 8 nitrogen and oxygen atoms in total. The van der Waals surface area contributed by atoms with Gasteiger partial charge in [0.1, 0.15) is 6.54 Å². The molecule has 4 aliphatic carbocycles. The molecule has 4 saturated carbocycles. The second-order valence-corrected chi connectivity index (χ2v) is 10.1. The molecular formula is C26H36N2O6. The number of methoxy groups -OCH3 is 2. The van der Waals surface area contributed by atoms with Crippen molar-refractivity contribution in [2.75, 3.05) is 33.9 Å². The van der Waals surface area contributed by atoms with Gasteiger partial charge in [-0.1, -0.05) is 6.07 Å². The number of rotatable bonds is 10. The molecule has 34 heavy (non-hydrogen) atoms. The molecule has 8 heteroatoms. The molecule has 4 aliphatic rings. The minimum Gasteiger partial charge on any atom is -0.493 e. The predicted molar refractivity (Wildman–Crippen MR) is 125 cm³/mol. The summed E-state index contributed by atoms with van der Waals surface area (Å²) in [6.45, 7) is 1.95. The third-order valence-electron chi connectivity index (χ3n) is 7.67. The number of nitrogens with zero attached hydrogens (tertiary/aromatic N) is 1. The molecule has 0 aromatic heterocycles. The number of nitrogens with one attached hydrogen (secondary N) is 1. The van der Waals surface area contributed by atoms with Gasteiger partial charge in [0.15, 0.2) is 11.5 Å². The van der Waals surface area contributed by atoms with Crippen LogP contribution in [0.5, 0.6) is 11.5 Å². The zero-order valence-corrected chi connectivity index (χ0v) is 20.4. The Hall–Kier alpha value is -2.77. The number of hydrogen-bond donors (Lipinski definition) is 1. The summed E-state index contributed by atoms with van der Waals surface area (Å²) < 4.78 is 15.7. The standard InChI is InChI=1S/C26H36N2O6/c1-4-34-24(30)14-27-23(29)16-28(15-17-5-6-21(32-2)22(10-17)33-3)25(31)26-11-18-7-19(12-26)9-20(8-18)13-26/h5-6,10,18-20H,4,7-9,11-16H2,1-3H3,(H,27,29). The number of ether oxygens (including phenoxy) is 3. The summed E-state index contributed by atoms with van der Waals surface area (Å²) in [4.78, 5) is 40.1. The predicted octanol–water partition coefficient (Wildman–Crippen LogP) is 2.93. The maximum Gasteiger partial charge on any atom is 0.325 e. The molecule has 4 bridgehead atoms. The summed E-state index contributed by atoms with van der Waals surface area (Å²) >= 11 is 0. The summed E-state index contributed by atoms with van der Waals surface area (Å²) in [7, 11) is 3.15. The van der Waals surface area contributed by atoms with Crippen LogP contribution < -0.4 is 14.8 Å². The van der Waals surface area contributed by atoms with E-state index in [1.54, 1.807) is 26.0 Å². The fraction of sp³-hybridized carbons (Fsp3) is 0.654. The second-order valence-electron chi connectivity index (χ2n) is 10.1. The molecule has 0 saturated heterocycles. The maximum absolute atomic E-state index is 14.1. The lowest BCUT2D eigenvalue weighted by atomic mass is 9.49. The molecule has 4 fully saturated rings. The summed E-state index contributed by atoms with van der Waals surface area (Å²) in [5, 5.41) is 2.60. The van der Waals surface area contributed by atoms with Crippen LogP contribution in [0.1, 0.15) is 51.0 Å². The third-order valence-corrected chi connectivity index (χ3v) is 7.67. The highest BCUT2D eigenvalue weighted by atomic mass is 16.5. The van der Waals surface area contributed by atoms with Crippen LogP contribution in [0.2, 0.25) is 0 Å². The number of benzene rings is 1. The van der Waals surface area contributed by atoms with E-state index in [9.17, 15) is 14.4 Å². The quantitative estimate of drug-likeness (QED) is 0.526. The Bertz CT molecular complexity index is 895. The fourth-order valence-electron chi connectivity index (χ4n) is 6.72. The van der Waals surface area contributed by atoms with Crippen molar-refractivity contribution in [1.29, 1.82) is 0 Å². The molecule has 1 aromatic rings. The van der Waals surface area contributed by atoms with E-state index in [1.165, 1.54) is 19.3 Å². The molecule has 0 radical (unpaired) electrons. The van der Waals surface area contributed by atoms with Gasteiger partial charge in [-0.3, -0.25) is 14.4 Å². The van der Waals surface area contributed by atoms with Crippen LogP contribution >= 0.6 is 0 Å². The Morgan fingerprint density at radius 1 is 1.00 bits per heavy atom. The van der Waals surface area contributed by atoms with Gasteiger partial charge in [0.25, 0.3) is 0 Å². The molecule has 0 aliphatic heterocycles. The van der Waals surface area contributed by atoms with E-state index in [4.69, 9.17) is 14.2 Å². The topological polar surface area (TPSA) is 94.2 Å². The van der Waals surface area contributed by atoms with E-state index in [1.807, 2.05) is 18.2 Å². The smallest absolute Gasteiger partial charge is 0.325 e. The normalized spacial score (nSPS) is 26.6. The SMILES string of the molecule is CCOC(=O)CNC(=O)CN(Cc1ccc(OC)c(OC)c1)C(=O)C12CC3CC(CC(C3)C1)C2. The van der Waals surface area contributed by atoms with Crippen molar-refractivity contribution in [1.82, 2.24) is 10.2 Å². The van der Waals surface area contributed by atoms with E-state index < -0.39 is 5.97 Å². The van der Waals surface area contributed by atoms with E-state index in [0.717, 1.165) is 24.8 Å². The number of esters is 1. The van der Waals surface area contributed by atoms with E-state index in [2.05, 4.69) is 5.32 Å². The van der Waals surface area contributed by atoms with Crippen molar-refractivity contribution in [3.05, 3.63) is 23.8 Å². The summed E-state index contributed by atoms with van der Waals surface area (Å²) in [5.74, 6) is 2.25. The van der Waals surface area contributed by atoms with Crippen LogP contribution in [0, 0.1) is 23.2 Å². The van der Waals surface area contributed by atoms with Gasteiger partial charge < -0.3 is 24.4 Å². The lowest BCUT2D eigenvalue weighted by molar-refractivity contribution is -0.159. The molecule has 0 heterocycles. The summed E-state index contributed by atoms with van der Waals surface area (Å²) in [6, 6.07) is 5.54. The van der Waals surface area contributed by atoms with Crippen molar-refractivity contribution in [3.8, 4) is 11.5 Å². The largest absolute Gasteiger partial charge is 0.493 e. The number of carbonyl (C=O) groups excluding carboxylic acids is 3. The summed E-state index contributed by atoms with van der Waals surface area (Å²) in [6.07, 6.45) is 6.48. The minimum absolute atomic E-state index is 0.0627. The zero-order chi connectivity index (χ0) is 24.3. The van der Waals surface area contributed by atoms with Crippen LogP contribution in [-0.2, 0) is 25.7 Å². The first-order valence-electron chi connectivity index (χ1n) is 12.3. The minimum atomic E-state index is -0.491. The van der Waals surface area contributed by atoms with Gasteiger partial charge in [-0.05, 0) is 80.9 Å². The second kappa shape index (κ2) is 10.2. The third kappa shape index (κ3) is 5.15. The van der Waals surface area contributed by atoms with Crippen molar-refractivity contribution in [2.45, 2.75) is 52.0 Å². The van der Waals surface area contributed by atoms with Crippen LogP contribution in [0.3, 0.4) is 0 Å². The van der Waals surface area contributed by atoms with Crippen molar-refractivity contribution < 1.29 is 28.6 Å². The Labute approximate surface area is 201 Å². The van der Waals surface area contributed by atoms with Crippen LogP contribution in [-0.4, -0.2) is 56.6 Å². The average Bonchev–Trinajstić information content (AvgIpc) is 2.81. The van der Waals surface area contributed by atoms with Crippen LogP contribution in [0.15, 0.2) is 18.2 Å². The average molecular weight is 473 g/mol. The Morgan fingerprint density at radius 2 is 1.62 bits per heavy atom. The first kappa shape index (κ1) is 24.4. The Balaban J connectivity index is 1.53. The molecule has 0 spiro atoms. The molecule has 0 atom stereocenters. The van der Waals surface area contributed by atoms with Crippen molar-refractivity contribution >= 4 is 17.8 Å². The van der Waals surface area contributed by atoms with Gasteiger partial charge in [-0.2, -0.15) is 0 Å². The van der Waals surface area contributed by atoms with Gasteiger partial charge in [-0.25, -0.2) is 0 Å².